The number of rotatable bonds is 11. The molecule has 0 saturated carbocycles. The minimum Gasteiger partial charge on any atom is -0.326 e. The standard InChI is InChI=1S/C28H31F3N6O3S/c1-4-36(5-2)14-7-6-13-34-41(39,40)25-15-20(17-32)11-12-23(25)26-24(18-33)19(3)37(27(38)35-26)22-10-8-9-21(16-22)28(29,30)31/h8-12,15-16,26,34H,4-7,13-14H2,1-3H3,(H,35,38)/t26-/m1/s1. The molecule has 0 fully saturated rings. The van der Waals surface area contributed by atoms with Crippen molar-refractivity contribution >= 4 is 21.7 Å². The second-order valence-electron chi connectivity index (χ2n) is 9.37. The van der Waals surface area contributed by atoms with E-state index in [-0.39, 0.29) is 39.5 Å². The maximum Gasteiger partial charge on any atom is 0.416 e. The molecule has 3 rings (SSSR count). The quantitative estimate of drug-likeness (QED) is 0.354. The van der Waals surface area contributed by atoms with Gasteiger partial charge in [0.25, 0.3) is 0 Å². The van der Waals surface area contributed by atoms with E-state index in [0.717, 1.165) is 49.2 Å². The molecule has 0 unspecified atom stereocenters. The molecule has 2 aromatic rings. The maximum atomic E-state index is 13.4. The molecular formula is C28H31F3N6O3S. The minimum absolute atomic E-state index is 0.0395. The van der Waals surface area contributed by atoms with Crippen LogP contribution in [-0.4, -0.2) is 45.5 Å². The van der Waals surface area contributed by atoms with E-state index in [0.29, 0.717) is 6.42 Å². The molecule has 0 bridgehead atoms. The smallest absolute Gasteiger partial charge is 0.326 e. The van der Waals surface area contributed by atoms with Crippen LogP contribution in [-0.2, 0) is 16.2 Å². The van der Waals surface area contributed by atoms with Gasteiger partial charge in [-0.2, -0.15) is 23.7 Å². The van der Waals surface area contributed by atoms with Gasteiger partial charge in [0.2, 0.25) is 10.0 Å². The zero-order valence-corrected chi connectivity index (χ0v) is 23.7. The fraction of sp³-hybridized carbons (Fsp3) is 0.393. The lowest BCUT2D eigenvalue weighted by atomic mass is 9.94. The van der Waals surface area contributed by atoms with Gasteiger partial charge in [-0.3, -0.25) is 4.90 Å². The van der Waals surface area contributed by atoms with E-state index in [4.69, 9.17) is 0 Å². The van der Waals surface area contributed by atoms with Gasteiger partial charge in [-0.15, -0.1) is 0 Å². The van der Waals surface area contributed by atoms with Crippen molar-refractivity contribution in [1.82, 2.24) is 14.9 Å². The van der Waals surface area contributed by atoms with Gasteiger partial charge in [-0.25, -0.2) is 17.9 Å². The van der Waals surface area contributed by atoms with E-state index in [1.807, 2.05) is 26.0 Å². The van der Waals surface area contributed by atoms with Gasteiger partial charge in [0.15, 0.2) is 0 Å². The number of alkyl halides is 3. The number of sulfonamides is 1. The molecule has 1 aliphatic heterocycles. The summed E-state index contributed by atoms with van der Waals surface area (Å²) < 4.78 is 69.2. The van der Waals surface area contributed by atoms with Crippen LogP contribution >= 0.6 is 0 Å². The summed E-state index contributed by atoms with van der Waals surface area (Å²) >= 11 is 0. The van der Waals surface area contributed by atoms with Gasteiger partial charge < -0.3 is 10.2 Å². The number of hydrogen-bond acceptors (Lipinski definition) is 6. The number of urea groups is 1. The lowest BCUT2D eigenvalue weighted by Crippen LogP contribution is -2.47. The number of unbranched alkanes of at least 4 members (excludes halogenated alkanes) is 1. The van der Waals surface area contributed by atoms with Crippen LogP contribution in [0.25, 0.3) is 0 Å². The third-order valence-electron chi connectivity index (χ3n) is 6.87. The molecule has 1 heterocycles. The first kappa shape index (κ1) is 31.6. The monoisotopic (exact) mass is 588 g/mol. The Hall–Kier alpha value is -3.91. The van der Waals surface area contributed by atoms with Crippen molar-refractivity contribution in [2.75, 3.05) is 31.1 Å². The number of benzene rings is 2. The Kier molecular flexibility index (Phi) is 10.2. The molecule has 9 nitrogen and oxygen atoms in total. The second-order valence-corrected chi connectivity index (χ2v) is 11.1. The average Bonchev–Trinajstić information content (AvgIpc) is 2.94. The number of carbonyl (C=O) groups excluding carboxylic acids is 1. The number of amides is 2. The van der Waals surface area contributed by atoms with E-state index in [1.165, 1.54) is 31.2 Å². The Balaban J connectivity index is 1.97. The lowest BCUT2D eigenvalue weighted by molar-refractivity contribution is -0.137. The summed E-state index contributed by atoms with van der Waals surface area (Å²) in [4.78, 5) is 16.1. The average molecular weight is 589 g/mol. The minimum atomic E-state index is -4.65. The van der Waals surface area contributed by atoms with Crippen LogP contribution in [0.15, 0.2) is 58.6 Å². The second kappa shape index (κ2) is 13.2. The Morgan fingerprint density at radius 3 is 2.39 bits per heavy atom. The van der Waals surface area contributed by atoms with Crippen LogP contribution in [0.1, 0.15) is 56.3 Å². The van der Waals surface area contributed by atoms with Crippen molar-refractivity contribution in [3.8, 4) is 12.1 Å². The molecule has 0 aromatic heterocycles. The number of nitrogens with one attached hydrogen (secondary N) is 2. The molecule has 2 aromatic carbocycles. The highest BCUT2D eigenvalue weighted by Gasteiger charge is 2.37. The summed E-state index contributed by atoms with van der Waals surface area (Å²) in [5, 5.41) is 22.0. The van der Waals surface area contributed by atoms with Crippen molar-refractivity contribution in [2.24, 2.45) is 0 Å². The fourth-order valence-corrected chi connectivity index (χ4v) is 5.96. The first-order valence-corrected chi connectivity index (χ1v) is 14.5. The van der Waals surface area contributed by atoms with Crippen LogP contribution in [0.2, 0.25) is 0 Å². The van der Waals surface area contributed by atoms with E-state index >= 15 is 0 Å². The molecule has 0 aliphatic carbocycles. The van der Waals surface area contributed by atoms with Crippen molar-refractivity contribution in [1.29, 1.82) is 10.5 Å². The zero-order valence-electron chi connectivity index (χ0n) is 22.9. The van der Waals surface area contributed by atoms with E-state index < -0.39 is 33.8 Å². The lowest BCUT2D eigenvalue weighted by Gasteiger charge is -2.34. The summed E-state index contributed by atoms with van der Waals surface area (Å²) in [5.41, 5.74) is -1.00. The van der Waals surface area contributed by atoms with Crippen LogP contribution in [0.5, 0.6) is 0 Å². The first-order chi connectivity index (χ1) is 19.4. The molecule has 218 valence electrons. The normalized spacial score (nSPS) is 16.0. The molecule has 1 aliphatic rings. The van der Waals surface area contributed by atoms with Crippen molar-refractivity contribution in [3.63, 3.8) is 0 Å². The molecule has 0 saturated heterocycles. The van der Waals surface area contributed by atoms with Gasteiger partial charge in [-0.05, 0) is 75.3 Å². The fourth-order valence-electron chi connectivity index (χ4n) is 4.61. The molecule has 2 amide bonds. The number of anilines is 1. The number of nitriles is 2. The van der Waals surface area contributed by atoms with Crippen molar-refractivity contribution < 1.29 is 26.4 Å². The summed E-state index contributed by atoms with van der Waals surface area (Å²) in [6.45, 7) is 8.22. The molecule has 0 radical (unpaired) electrons. The number of hydrogen-bond donors (Lipinski definition) is 2. The summed E-state index contributed by atoms with van der Waals surface area (Å²) in [7, 11) is -4.18. The van der Waals surface area contributed by atoms with Gasteiger partial charge in [0.05, 0.1) is 45.5 Å². The number of nitrogens with zero attached hydrogens (tertiary/aromatic N) is 4. The van der Waals surface area contributed by atoms with Crippen LogP contribution in [0.4, 0.5) is 23.7 Å². The Morgan fingerprint density at radius 1 is 1.07 bits per heavy atom. The van der Waals surface area contributed by atoms with Gasteiger partial charge in [0.1, 0.15) is 0 Å². The third-order valence-corrected chi connectivity index (χ3v) is 8.38. The Bertz CT molecular complexity index is 1510. The van der Waals surface area contributed by atoms with Crippen LogP contribution in [0.3, 0.4) is 0 Å². The summed E-state index contributed by atoms with van der Waals surface area (Å²) in [6, 6.07) is 9.79. The van der Waals surface area contributed by atoms with E-state index in [2.05, 4.69) is 14.9 Å². The topological polar surface area (TPSA) is 129 Å². The van der Waals surface area contributed by atoms with Crippen molar-refractivity contribution in [3.05, 3.63) is 70.4 Å². The number of carbonyl (C=O) groups is 1. The highest BCUT2D eigenvalue weighted by Crippen LogP contribution is 2.38. The molecule has 1 atom stereocenters. The Morgan fingerprint density at radius 2 is 1.78 bits per heavy atom. The summed E-state index contributed by atoms with van der Waals surface area (Å²) in [6.07, 6.45) is -3.32. The largest absolute Gasteiger partial charge is 0.416 e. The van der Waals surface area contributed by atoms with Crippen LogP contribution in [0, 0.1) is 22.7 Å². The van der Waals surface area contributed by atoms with Gasteiger partial charge in [0, 0.05) is 12.2 Å². The predicted octanol–water partition coefficient (Wildman–Crippen LogP) is 5.05. The maximum absolute atomic E-state index is 13.4. The molecular weight excluding hydrogens is 557 g/mol. The highest BCUT2D eigenvalue weighted by atomic mass is 32.2. The Labute approximate surface area is 237 Å². The summed E-state index contributed by atoms with van der Waals surface area (Å²) in [5.74, 6) is 0. The predicted molar refractivity (Wildman–Crippen MR) is 147 cm³/mol. The highest BCUT2D eigenvalue weighted by molar-refractivity contribution is 7.89. The zero-order chi connectivity index (χ0) is 30.4. The molecule has 41 heavy (non-hydrogen) atoms. The van der Waals surface area contributed by atoms with Gasteiger partial charge >= 0.3 is 12.2 Å². The van der Waals surface area contributed by atoms with Gasteiger partial charge in [-0.1, -0.05) is 26.0 Å². The molecule has 13 heteroatoms. The third kappa shape index (κ3) is 7.24. The first-order valence-electron chi connectivity index (χ1n) is 13.0. The van der Waals surface area contributed by atoms with Crippen molar-refractivity contribution in [2.45, 2.75) is 50.7 Å². The van der Waals surface area contributed by atoms with Crippen LogP contribution < -0.4 is 14.9 Å². The van der Waals surface area contributed by atoms with E-state index in [1.54, 1.807) is 0 Å². The molecule has 2 N–H and O–H groups in total. The molecule has 0 spiro atoms. The number of allylic oxidation sites excluding steroid dienone is 1. The van der Waals surface area contributed by atoms with E-state index in [9.17, 15) is 36.9 Å². The SMILES string of the molecule is CCN(CC)CCCCNS(=O)(=O)c1cc(C#N)ccc1[C@H]1NC(=O)N(c2cccc(C(F)(F)F)c2)C(C)=C1C#N. The number of halogens is 3.